The molecule has 0 amide bonds. The summed E-state index contributed by atoms with van der Waals surface area (Å²) in [5.74, 6) is 1.42. The van der Waals surface area contributed by atoms with Crippen LogP contribution in [0, 0.1) is 23.2 Å². The lowest BCUT2D eigenvalue weighted by molar-refractivity contribution is -0.153. The molecule has 3 nitrogen and oxygen atoms in total. The summed E-state index contributed by atoms with van der Waals surface area (Å²) in [7, 11) is 0. The number of halogens is 1. The van der Waals surface area contributed by atoms with Crippen LogP contribution in [0.3, 0.4) is 0 Å². The molecule has 0 aromatic carbocycles. The lowest BCUT2D eigenvalue weighted by atomic mass is 9.48. The van der Waals surface area contributed by atoms with Crippen LogP contribution in [0.2, 0.25) is 0 Å². The molecule has 0 aliphatic heterocycles. The summed E-state index contributed by atoms with van der Waals surface area (Å²) in [6.45, 7) is 2.01. The molecule has 0 aromatic heterocycles. The summed E-state index contributed by atoms with van der Waals surface area (Å²) in [6.07, 6.45) is 6.66. The van der Waals surface area contributed by atoms with Gasteiger partial charge in [-0.3, -0.25) is 4.79 Å². The second-order valence-electron chi connectivity index (χ2n) is 6.68. The number of Topliss-reactive ketones (excluding diaryl/α,β-unsaturated/α-hetero) is 1. The zero-order chi connectivity index (χ0) is 13.6. The van der Waals surface area contributed by atoms with E-state index in [1.54, 1.807) is 6.92 Å². The van der Waals surface area contributed by atoms with Gasteiger partial charge in [0.2, 0.25) is 0 Å². The highest BCUT2D eigenvalue weighted by atomic mass is 35.5. The van der Waals surface area contributed by atoms with E-state index in [1.807, 2.05) is 0 Å². The first-order valence-electron chi connectivity index (χ1n) is 7.39. The van der Waals surface area contributed by atoms with Crippen molar-refractivity contribution >= 4 is 23.4 Å². The number of esters is 1. The van der Waals surface area contributed by atoms with Crippen molar-refractivity contribution in [2.45, 2.75) is 50.8 Å². The first-order valence-corrected chi connectivity index (χ1v) is 7.83. The third-order valence-electron chi connectivity index (χ3n) is 5.28. The fourth-order valence-electron chi connectivity index (χ4n) is 5.00. The van der Waals surface area contributed by atoms with E-state index in [9.17, 15) is 9.59 Å². The molecule has 1 unspecified atom stereocenters. The highest BCUT2D eigenvalue weighted by molar-refractivity contribution is 6.41. The van der Waals surface area contributed by atoms with E-state index >= 15 is 0 Å². The maximum absolute atomic E-state index is 12.7. The number of ether oxygens (including phenoxy) is 1. The van der Waals surface area contributed by atoms with Crippen molar-refractivity contribution in [1.82, 2.24) is 0 Å². The topological polar surface area (TPSA) is 43.4 Å². The molecule has 4 saturated carbocycles. The van der Waals surface area contributed by atoms with Crippen LogP contribution in [-0.4, -0.2) is 23.7 Å². The number of carbonyl (C=O) groups excluding carboxylic acids is 2. The van der Waals surface area contributed by atoms with Crippen LogP contribution in [0.5, 0.6) is 0 Å². The van der Waals surface area contributed by atoms with Crippen LogP contribution in [0.4, 0.5) is 0 Å². The summed E-state index contributed by atoms with van der Waals surface area (Å²) in [5.41, 5.74) is -0.312. The highest BCUT2D eigenvalue weighted by Crippen LogP contribution is 2.60. The van der Waals surface area contributed by atoms with Crippen LogP contribution < -0.4 is 0 Å². The van der Waals surface area contributed by atoms with Gasteiger partial charge in [0, 0.05) is 5.41 Å². The summed E-state index contributed by atoms with van der Waals surface area (Å²) < 4.78 is 4.90. The summed E-state index contributed by atoms with van der Waals surface area (Å²) in [4.78, 5) is 24.4. The quantitative estimate of drug-likeness (QED) is 0.453. The molecule has 0 radical (unpaired) electrons. The Morgan fingerprint density at radius 1 is 1.16 bits per heavy atom. The Bertz CT molecular complexity index is 369. The molecule has 4 rings (SSSR count). The lowest BCUT2D eigenvalue weighted by Gasteiger charge is -2.56. The summed E-state index contributed by atoms with van der Waals surface area (Å²) >= 11 is 6.07. The Hall–Kier alpha value is -0.570. The number of ketones is 1. The largest absolute Gasteiger partial charge is 0.465 e. The zero-order valence-electron chi connectivity index (χ0n) is 11.4. The molecule has 4 fully saturated rings. The summed E-state index contributed by atoms with van der Waals surface area (Å²) in [6, 6.07) is 0. The van der Waals surface area contributed by atoms with Crippen molar-refractivity contribution in [3.63, 3.8) is 0 Å². The van der Waals surface area contributed by atoms with Gasteiger partial charge in [-0.05, 0) is 63.2 Å². The molecule has 0 aromatic rings. The standard InChI is InChI=1S/C15H21ClO3/c1-2-19-14(18)12(16)13(17)15-6-9-3-10(7-15)5-11(4-9)8-15/h9-12H,2-8H2,1H3. The maximum Gasteiger partial charge on any atom is 0.331 e. The smallest absolute Gasteiger partial charge is 0.331 e. The van der Waals surface area contributed by atoms with Gasteiger partial charge in [-0.15, -0.1) is 11.6 Å². The van der Waals surface area contributed by atoms with Crippen molar-refractivity contribution in [2.24, 2.45) is 23.2 Å². The van der Waals surface area contributed by atoms with Crippen LogP contribution in [-0.2, 0) is 14.3 Å². The molecule has 0 heterocycles. The van der Waals surface area contributed by atoms with Gasteiger partial charge in [0.15, 0.2) is 11.2 Å². The van der Waals surface area contributed by atoms with Crippen molar-refractivity contribution in [3.05, 3.63) is 0 Å². The number of carbonyl (C=O) groups is 2. The molecule has 19 heavy (non-hydrogen) atoms. The minimum Gasteiger partial charge on any atom is -0.465 e. The van der Waals surface area contributed by atoms with E-state index < -0.39 is 11.3 Å². The predicted molar refractivity (Wildman–Crippen MR) is 71.9 cm³/mol. The van der Waals surface area contributed by atoms with Gasteiger partial charge in [-0.2, -0.15) is 0 Å². The fraction of sp³-hybridized carbons (Fsp3) is 0.867. The van der Waals surface area contributed by atoms with Gasteiger partial charge in [-0.25, -0.2) is 4.79 Å². The minimum atomic E-state index is -1.10. The number of hydrogen-bond acceptors (Lipinski definition) is 3. The van der Waals surface area contributed by atoms with Gasteiger partial charge < -0.3 is 4.74 Å². The summed E-state index contributed by atoms with van der Waals surface area (Å²) in [5, 5.41) is -1.10. The van der Waals surface area contributed by atoms with E-state index in [1.165, 1.54) is 19.3 Å². The molecule has 4 aliphatic carbocycles. The van der Waals surface area contributed by atoms with Crippen LogP contribution >= 0.6 is 11.6 Å². The van der Waals surface area contributed by atoms with Gasteiger partial charge in [0.05, 0.1) is 6.61 Å². The Morgan fingerprint density at radius 2 is 1.63 bits per heavy atom. The van der Waals surface area contributed by atoms with E-state index in [4.69, 9.17) is 16.3 Å². The second kappa shape index (κ2) is 4.76. The van der Waals surface area contributed by atoms with Crippen molar-refractivity contribution in [2.75, 3.05) is 6.61 Å². The SMILES string of the molecule is CCOC(=O)C(Cl)C(=O)C12CC3CC(CC(C3)C1)C2. The highest BCUT2D eigenvalue weighted by Gasteiger charge is 2.56. The van der Waals surface area contributed by atoms with Gasteiger partial charge in [0.25, 0.3) is 0 Å². The van der Waals surface area contributed by atoms with E-state index in [-0.39, 0.29) is 17.8 Å². The first-order chi connectivity index (χ1) is 9.04. The molecular formula is C15H21ClO3. The normalized spacial score (nSPS) is 41.1. The number of rotatable bonds is 4. The third kappa shape index (κ3) is 2.20. The molecular weight excluding hydrogens is 264 g/mol. The molecule has 4 heteroatoms. The Morgan fingerprint density at radius 3 is 2.05 bits per heavy atom. The van der Waals surface area contributed by atoms with Crippen LogP contribution in [0.1, 0.15) is 45.4 Å². The van der Waals surface area contributed by atoms with E-state index in [2.05, 4.69) is 0 Å². The molecule has 106 valence electrons. The first kappa shape index (κ1) is 13.4. The van der Waals surface area contributed by atoms with E-state index in [0.717, 1.165) is 19.3 Å². The average molecular weight is 285 g/mol. The Balaban J connectivity index is 1.77. The van der Waals surface area contributed by atoms with Crippen LogP contribution in [0.15, 0.2) is 0 Å². The number of hydrogen-bond donors (Lipinski definition) is 0. The number of alkyl halides is 1. The van der Waals surface area contributed by atoms with Crippen LogP contribution in [0.25, 0.3) is 0 Å². The Labute approximate surface area is 119 Å². The van der Waals surface area contributed by atoms with Crippen molar-refractivity contribution < 1.29 is 14.3 Å². The van der Waals surface area contributed by atoms with Gasteiger partial charge >= 0.3 is 5.97 Å². The Kier molecular flexibility index (Phi) is 3.36. The zero-order valence-corrected chi connectivity index (χ0v) is 12.1. The van der Waals surface area contributed by atoms with E-state index in [0.29, 0.717) is 17.8 Å². The third-order valence-corrected chi connectivity index (χ3v) is 5.66. The molecule has 0 saturated heterocycles. The van der Waals surface area contributed by atoms with Gasteiger partial charge in [-0.1, -0.05) is 0 Å². The van der Waals surface area contributed by atoms with Crippen molar-refractivity contribution in [3.8, 4) is 0 Å². The molecule has 0 N–H and O–H groups in total. The molecule has 1 atom stereocenters. The molecule has 0 spiro atoms. The predicted octanol–water partition coefficient (Wildman–Crippen LogP) is 2.94. The average Bonchev–Trinajstić information content (AvgIpc) is 2.35. The van der Waals surface area contributed by atoms with Gasteiger partial charge in [0.1, 0.15) is 0 Å². The monoisotopic (exact) mass is 284 g/mol. The lowest BCUT2D eigenvalue weighted by Crippen LogP contribution is -2.53. The second-order valence-corrected chi connectivity index (χ2v) is 7.11. The molecule has 4 aliphatic rings. The fourth-order valence-corrected chi connectivity index (χ4v) is 5.30. The molecule has 4 bridgehead atoms. The van der Waals surface area contributed by atoms with Crippen molar-refractivity contribution in [1.29, 1.82) is 0 Å². The minimum absolute atomic E-state index is 0.0632. The maximum atomic E-state index is 12.7.